The summed E-state index contributed by atoms with van der Waals surface area (Å²) in [6.45, 7) is 0. The van der Waals surface area contributed by atoms with E-state index >= 15 is 0 Å². The lowest BCUT2D eigenvalue weighted by Crippen LogP contribution is -2.02. The Balaban J connectivity index is 2.29. The average molecular weight is 254 g/mol. The molecule has 19 heavy (non-hydrogen) atoms. The average Bonchev–Trinajstić information content (AvgIpc) is 2.46. The predicted molar refractivity (Wildman–Crippen MR) is 75.4 cm³/mol. The van der Waals surface area contributed by atoms with Crippen LogP contribution in [-0.4, -0.2) is 18.1 Å². The zero-order chi connectivity index (χ0) is 13.7. The van der Waals surface area contributed by atoms with Gasteiger partial charge in [0.25, 0.3) is 0 Å². The maximum Gasteiger partial charge on any atom is 0.337 e. The van der Waals surface area contributed by atoms with Crippen molar-refractivity contribution in [2.45, 2.75) is 0 Å². The van der Waals surface area contributed by atoms with E-state index in [4.69, 9.17) is 5.73 Å². The van der Waals surface area contributed by atoms with Gasteiger partial charge in [0.15, 0.2) is 0 Å². The Morgan fingerprint density at radius 2 is 1.95 bits per heavy atom. The fraction of sp³-hybridized carbons (Fsp3) is 0.0667. The Labute approximate surface area is 111 Å². The number of nitrogens with two attached hydrogens (primary N) is 1. The number of hydrogen-bond donors (Lipinski definition) is 1. The van der Waals surface area contributed by atoms with Crippen LogP contribution in [0.2, 0.25) is 0 Å². The number of nitrogen functional groups attached to an aromatic ring is 1. The van der Waals surface area contributed by atoms with Crippen LogP contribution in [0.4, 0.5) is 5.69 Å². The van der Waals surface area contributed by atoms with Gasteiger partial charge in [-0.1, -0.05) is 12.2 Å². The maximum absolute atomic E-state index is 11.5. The molecule has 0 unspecified atom stereocenters. The Morgan fingerprint density at radius 1 is 1.21 bits per heavy atom. The minimum Gasteiger partial charge on any atom is -0.465 e. The van der Waals surface area contributed by atoms with Gasteiger partial charge in [0.05, 0.1) is 12.7 Å². The SMILES string of the molecule is COC(=O)c1ccc(N)c(/C=C/c2ccncc2)c1. The van der Waals surface area contributed by atoms with E-state index in [1.807, 2.05) is 24.3 Å². The smallest absolute Gasteiger partial charge is 0.337 e. The Bertz CT molecular complexity index is 607. The summed E-state index contributed by atoms with van der Waals surface area (Å²) in [5.41, 5.74) is 8.76. The highest BCUT2D eigenvalue weighted by Gasteiger charge is 2.06. The van der Waals surface area contributed by atoms with Crippen molar-refractivity contribution < 1.29 is 9.53 Å². The molecule has 0 spiro atoms. The van der Waals surface area contributed by atoms with E-state index in [0.29, 0.717) is 11.3 Å². The molecule has 2 N–H and O–H groups in total. The van der Waals surface area contributed by atoms with Gasteiger partial charge in [0.2, 0.25) is 0 Å². The van der Waals surface area contributed by atoms with Gasteiger partial charge in [0, 0.05) is 18.1 Å². The second kappa shape index (κ2) is 5.82. The van der Waals surface area contributed by atoms with Crippen LogP contribution >= 0.6 is 0 Å². The molecule has 0 amide bonds. The van der Waals surface area contributed by atoms with Crippen LogP contribution in [0.3, 0.4) is 0 Å². The Morgan fingerprint density at radius 3 is 2.63 bits per heavy atom. The molecule has 0 saturated carbocycles. The second-order valence-electron chi connectivity index (χ2n) is 3.95. The van der Waals surface area contributed by atoms with Gasteiger partial charge in [-0.3, -0.25) is 4.98 Å². The van der Waals surface area contributed by atoms with Gasteiger partial charge >= 0.3 is 5.97 Å². The van der Waals surface area contributed by atoms with Crippen LogP contribution in [-0.2, 0) is 4.74 Å². The number of esters is 1. The Kier molecular flexibility index (Phi) is 3.93. The molecule has 1 heterocycles. The van der Waals surface area contributed by atoms with Crippen molar-refractivity contribution in [3.63, 3.8) is 0 Å². The zero-order valence-corrected chi connectivity index (χ0v) is 10.5. The van der Waals surface area contributed by atoms with Crippen molar-refractivity contribution in [2.75, 3.05) is 12.8 Å². The summed E-state index contributed by atoms with van der Waals surface area (Å²) < 4.78 is 4.68. The highest BCUT2D eigenvalue weighted by Crippen LogP contribution is 2.18. The number of ether oxygens (including phenoxy) is 1. The van der Waals surface area contributed by atoms with Crippen molar-refractivity contribution >= 4 is 23.8 Å². The summed E-state index contributed by atoms with van der Waals surface area (Å²) in [6.07, 6.45) is 7.20. The van der Waals surface area contributed by atoms with E-state index < -0.39 is 0 Å². The lowest BCUT2D eigenvalue weighted by Gasteiger charge is -2.04. The number of aromatic nitrogens is 1. The summed E-state index contributed by atoms with van der Waals surface area (Å²) >= 11 is 0. The first-order valence-corrected chi connectivity index (χ1v) is 5.76. The number of anilines is 1. The Hall–Kier alpha value is -2.62. The van der Waals surface area contributed by atoms with Gasteiger partial charge in [0.1, 0.15) is 0 Å². The van der Waals surface area contributed by atoms with Gasteiger partial charge in [-0.05, 0) is 41.5 Å². The number of pyridine rings is 1. The van der Waals surface area contributed by atoms with Crippen LogP contribution < -0.4 is 5.73 Å². The van der Waals surface area contributed by atoms with E-state index in [9.17, 15) is 4.79 Å². The van der Waals surface area contributed by atoms with E-state index in [2.05, 4.69) is 9.72 Å². The molecule has 96 valence electrons. The molecular formula is C15H14N2O2. The number of hydrogen-bond acceptors (Lipinski definition) is 4. The minimum atomic E-state index is -0.376. The largest absolute Gasteiger partial charge is 0.465 e. The molecule has 0 aliphatic rings. The molecule has 0 aliphatic carbocycles. The number of rotatable bonds is 3. The molecule has 2 rings (SSSR count). The van der Waals surface area contributed by atoms with Crippen molar-refractivity contribution in [3.05, 3.63) is 59.4 Å². The molecule has 0 saturated heterocycles. The summed E-state index contributed by atoms with van der Waals surface area (Å²) in [7, 11) is 1.35. The molecule has 1 aromatic heterocycles. The van der Waals surface area contributed by atoms with Crippen molar-refractivity contribution in [1.82, 2.24) is 4.98 Å². The maximum atomic E-state index is 11.5. The fourth-order valence-corrected chi connectivity index (χ4v) is 1.62. The molecule has 0 fully saturated rings. The third-order valence-corrected chi connectivity index (χ3v) is 2.67. The number of nitrogens with zero attached hydrogens (tertiary/aromatic N) is 1. The highest BCUT2D eigenvalue weighted by molar-refractivity contribution is 5.91. The summed E-state index contributed by atoms with van der Waals surface area (Å²) in [4.78, 5) is 15.4. The molecule has 0 atom stereocenters. The second-order valence-corrected chi connectivity index (χ2v) is 3.95. The normalized spacial score (nSPS) is 10.6. The van der Waals surface area contributed by atoms with Crippen LogP contribution in [0.1, 0.15) is 21.5 Å². The number of carbonyl (C=O) groups is 1. The van der Waals surface area contributed by atoms with E-state index in [0.717, 1.165) is 11.1 Å². The minimum absolute atomic E-state index is 0.376. The van der Waals surface area contributed by atoms with Crippen LogP contribution in [0, 0.1) is 0 Å². The molecule has 0 aliphatic heterocycles. The van der Waals surface area contributed by atoms with E-state index in [1.54, 1.807) is 30.6 Å². The highest BCUT2D eigenvalue weighted by atomic mass is 16.5. The number of benzene rings is 1. The standard InChI is InChI=1S/C15H14N2O2/c1-19-15(18)13-4-5-14(16)12(10-13)3-2-11-6-8-17-9-7-11/h2-10H,16H2,1H3/b3-2+. The molecule has 2 aromatic rings. The van der Waals surface area contributed by atoms with Crippen molar-refractivity contribution in [3.8, 4) is 0 Å². The quantitative estimate of drug-likeness (QED) is 0.675. The van der Waals surface area contributed by atoms with Crippen molar-refractivity contribution in [1.29, 1.82) is 0 Å². The molecule has 4 heteroatoms. The zero-order valence-electron chi connectivity index (χ0n) is 10.5. The van der Waals surface area contributed by atoms with Gasteiger partial charge in [-0.2, -0.15) is 0 Å². The monoisotopic (exact) mass is 254 g/mol. The third kappa shape index (κ3) is 3.19. The van der Waals surface area contributed by atoms with Gasteiger partial charge in [-0.25, -0.2) is 4.79 Å². The van der Waals surface area contributed by atoms with Crippen LogP contribution in [0.25, 0.3) is 12.2 Å². The predicted octanol–water partition coefficient (Wildman–Crippen LogP) is 2.62. The van der Waals surface area contributed by atoms with Crippen LogP contribution in [0.15, 0.2) is 42.7 Å². The van der Waals surface area contributed by atoms with Crippen LogP contribution in [0.5, 0.6) is 0 Å². The summed E-state index contributed by atoms with van der Waals surface area (Å²) in [5, 5.41) is 0. The topological polar surface area (TPSA) is 65.2 Å². The first kappa shape index (κ1) is 12.8. The molecule has 4 nitrogen and oxygen atoms in total. The van der Waals surface area contributed by atoms with Gasteiger partial charge in [-0.15, -0.1) is 0 Å². The molecule has 0 bridgehead atoms. The first-order valence-electron chi connectivity index (χ1n) is 5.76. The summed E-state index contributed by atoms with van der Waals surface area (Å²) in [6, 6.07) is 8.82. The third-order valence-electron chi connectivity index (χ3n) is 2.67. The number of carbonyl (C=O) groups excluding carboxylic acids is 1. The summed E-state index contributed by atoms with van der Waals surface area (Å²) in [5.74, 6) is -0.376. The molecular weight excluding hydrogens is 240 g/mol. The fourth-order valence-electron chi connectivity index (χ4n) is 1.62. The molecule has 0 radical (unpaired) electrons. The lowest BCUT2D eigenvalue weighted by atomic mass is 10.1. The van der Waals surface area contributed by atoms with E-state index in [1.165, 1.54) is 7.11 Å². The lowest BCUT2D eigenvalue weighted by molar-refractivity contribution is 0.0601. The van der Waals surface area contributed by atoms with Gasteiger partial charge < -0.3 is 10.5 Å². The number of methoxy groups -OCH3 is 1. The van der Waals surface area contributed by atoms with E-state index in [-0.39, 0.29) is 5.97 Å². The molecule has 1 aromatic carbocycles. The first-order chi connectivity index (χ1) is 9.20. The van der Waals surface area contributed by atoms with Crippen molar-refractivity contribution in [2.24, 2.45) is 0 Å².